The van der Waals surface area contributed by atoms with Crippen molar-refractivity contribution >= 4 is 30.6 Å². The van der Waals surface area contributed by atoms with E-state index in [0.29, 0.717) is 6.07 Å². The summed E-state index contributed by atoms with van der Waals surface area (Å²) in [6, 6.07) is 0.963. The normalized spacial score (nSPS) is 12.3. The van der Waals surface area contributed by atoms with Gasteiger partial charge in [-0.1, -0.05) is 11.6 Å². The number of alkyl halides is 3. The maximum atomic E-state index is 12.6. The van der Waals surface area contributed by atoms with Crippen LogP contribution < -0.4 is 5.32 Å². The predicted molar refractivity (Wildman–Crippen MR) is 68.5 cm³/mol. The van der Waals surface area contributed by atoms with Crippen molar-refractivity contribution in [3.05, 3.63) is 32.8 Å². The molecule has 1 aromatic carbocycles. The van der Waals surface area contributed by atoms with Crippen molar-refractivity contribution in [3.8, 4) is 0 Å². The number of anilines is 1. The molecule has 0 aliphatic carbocycles. The van der Waals surface area contributed by atoms with Crippen LogP contribution in [0.15, 0.2) is 12.1 Å². The van der Waals surface area contributed by atoms with Gasteiger partial charge in [-0.2, -0.15) is 13.2 Å². The van der Waals surface area contributed by atoms with Crippen molar-refractivity contribution in [2.45, 2.75) is 6.18 Å². The van der Waals surface area contributed by atoms with E-state index in [0.717, 1.165) is 0 Å². The highest BCUT2D eigenvalue weighted by molar-refractivity contribution is 7.51. The topological polar surface area (TPSA) is 113 Å². The molecule has 0 saturated carbocycles. The van der Waals surface area contributed by atoms with Crippen molar-refractivity contribution in [1.82, 2.24) is 0 Å². The number of nitrogens with zero attached hydrogens (tertiary/aromatic N) is 1. The highest BCUT2D eigenvalue weighted by Crippen LogP contribution is 2.40. The van der Waals surface area contributed by atoms with Crippen molar-refractivity contribution in [1.29, 1.82) is 0 Å². The molecule has 0 spiro atoms. The Morgan fingerprint density at radius 3 is 2.38 bits per heavy atom. The molecule has 118 valence electrons. The Morgan fingerprint density at radius 2 is 1.95 bits per heavy atom. The number of halogens is 4. The molecule has 0 aromatic heterocycles. The summed E-state index contributed by atoms with van der Waals surface area (Å²) in [5.41, 5.74) is -2.61. The third-order valence-electron chi connectivity index (χ3n) is 2.31. The molecule has 1 aromatic rings. The lowest BCUT2D eigenvalue weighted by Crippen LogP contribution is -2.11. The third-order valence-corrected chi connectivity index (χ3v) is 3.42. The lowest BCUT2D eigenvalue weighted by atomic mass is 10.1. The van der Waals surface area contributed by atoms with Gasteiger partial charge in [0.15, 0.2) is 0 Å². The Balaban J connectivity index is 3.12. The third kappa shape index (κ3) is 5.16. The van der Waals surface area contributed by atoms with Crippen LogP contribution in [-0.4, -0.2) is 27.4 Å². The average molecular weight is 349 g/mol. The van der Waals surface area contributed by atoms with Gasteiger partial charge in [0.05, 0.1) is 21.7 Å². The van der Waals surface area contributed by atoms with Crippen LogP contribution in [0.4, 0.5) is 24.5 Å². The van der Waals surface area contributed by atoms with Crippen molar-refractivity contribution in [2.75, 3.05) is 18.0 Å². The van der Waals surface area contributed by atoms with E-state index in [2.05, 4.69) is 5.32 Å². The van der Waals surface area contributed by atoms with Crippen LogP contribution in [0.25, 0.3) is 0 Å². The summed E-state index contributed by atoms with van der Waals surface area (Å²) in [5.74, 6) is 0. The summed E-state index contributed by atoms with van der Waals surface area (Å²) in [6.45, 7) is -0.368. The second-order valence-electron chi connectivity index (χ2n) is 3.92. The number of hydrogen-bond acceptors (Lipinski definition) is 4. The van der Waals surface area contributed by atoms with Gasteiger partial charge in [-0.25, -0.2) is 0 Å². The van der Waals surface area contributed by atoms with Gasteiger partial charge < -0.3 is 15.1 Å². The quantitative estimate of drug-likeness (QED) is 0.428. The first-order valence-electron chi connectivity index (χ1n) is 5.25. The van der Waals surface area contributed by atoms with Gasteiger partial charge in [0.1, 0.15) is 5.69 Å². The fraction of sp³-hybridized carbons (Fsp3) is 0.333. The van der Waals surface area contributed by atoms with Gasteiger partial charge >= 0.3 is 13.8 Å². The molecule has 0 radical (unpaired) electrons. The van der Waals surface area contributed by atoms with Crippen LogP contribution in [0.1, 0.15) is 5.56 Å². The SMILES string of the molecule is O=[N+]([O-])c1cc(C(F)(F)F)c(Cl)cc1NCCP(=O)(O)O. The van der Waals surface area contributed by atoms with Gasteiger partial charge in [0.2, 0.25) is 0 Å². The van der Waals surface area contributed by atoms with Gasteiger partial charge in [-0.3, -0.25) is 14.7 Å². The zero-order valence-electron chi connectivity index (χ0n) is 10.1. The number of hydrogen-bond donors (Lipinski definition) is 3. The maximum Gasteiger partial charge on any atom is 0.418 e. The maximum absolute atomic E-state index is 12.6. The zero-order valence-corrected chi connectivity index (χ0v) is 11.7. The Bertz CT molecular complexity index is 604. The van der Waals surface area contributed by atoms with Crippen LogP contribution in [0.2, 0.25) is 5.02 Å². The lowest BCUT2D eigenvalue weighted by Gasteiger charge is -2.12. The molecular formula is C9H9ClF3N2O5P. The molecule has 0 fully saturated rings. The molecule has 12 heteroatoms. The Morgan fingerprint density at radius 1 is 1.38 bits per heavy atom. The number of rotatable bonds is 5. The van der Waals surface area contributed by atoms with E-state index in [4.69, 9.17) is 21.4 Å². The van der Waals surface area contributed by atoms with Gasteiger partial charge in [-0.15, -0.1) is 0 Å². The second kappa shape index (κ2) is 6.18. The first kappa shape index (κ1) is 17.7. The average Bonchev–Trinajstić information content (AvgIpc) is 2.24. The number of nitro groups is 1. The summed E-state index contributed by atoms with van der Waals surface area (Å²) >= 11 is 5.42. The molecular weight excluding hydrogens is 340 g/mol. The van der Waals surface area contributed by atoms with Crippen LogP contribution in [0, 0.1) is 10.1 Å². The monoisotopic (exact) mass is 348 g/mol. The van der Waals surface area contributed by atoms with Crippen LogP contribution in [-0.2, 0) is 10.7 Å². The fourth-order valence-electron chi connectivity index (χ4n) is 1.41. The minimum absolute atomic E-state index is 0.266. The molecule has 0 heterocycles. The van der Waals surface area contributed by atoms with Gasteiger partial charge in [0.25, 0.3) is 5.69 Å². The summed E-state index contributed by atoms with van der Waals surface area (Å²) in [4.78, 5) is 27.0. The second-order valence-corrected chi connectivity index (χ2v) is 6.10. The summed E-state index contributed by atoms with van der Waals surface area (Å²) in [6.07, 6.45) is -5.49. The molecule has 3 N–H and O–H groups in total. The largest absolute Gasteiger partial charge is 0.418 e. The lowest BCUT2D eigenvalue weighted by molar-refractivity contribution is -0.384. The van der Waals surface area contributed by atoms with E-state index in [1.54, 1.807) is 0 Å². The van der Waals surface area contributed by atoms with E-state index in [1.807, 2.05) is 0 Å². The number of nitro benzene ring substituents is 1. The first-order valence-corrected chi connectivity index (χ1v) is 7.43. The standard InChI is InChI=1S/C9H9ClF3N2O5P/c10-6-4-7(14-1-2-21(18,19)20)8(15(16)17)3-5(6)9(11,12)13/h3-4,14H,1-2H2,(H2,18,19,20). The van der Waals surface area contributed by atoms with E-state index in [-0.39, 0.29) is 18.3 Å². The van der Waals surface area contributed by atoms with Crippen molar-refractivity contribution < 1.29 is 32.4 Å². The predicted octanol–water partition coefficient (Wildman–Crippen LogP) is 2.86. The fourth-order valence-corrected chi connectivity index (χ4v) is 2.08. The molecule has 0 aliphatic heterocycles. The molecule has 0 saturated heterocycles. The van der Waals surface area contributed by atoms with Crippen LogP contribution in [0.3, 0.4) is 0 Å². The summed E-state index contributed by atoms with van der Waals surface area (Å²) in [7, 11) is -4.33. The molecule has 0 atom stereocenters. The molecule has 21 heavy (non-hydrogen) atoms. The molecule has 0 aliphatic rings. The van der Waals surface area contributed by atoms with Crippen LogP contribution >= 0.6 is 19.2 Å². The van der Waals surface area contributed by atoms with E-state index < -0.39 is 41.1 Å². The highest BCUT2D eigenvalue weighted by atomic mass is 35.5. The Hall–Kier alpha value is -1.35. The number of benzene rings is 1. The minimum Gasteiger partial charge on any atom is -0.379 e. The van der Waals surface area contributed by atoms with Gasteiger partial charge in [0, 0.05) is 12.6 Å². The van der Waals surface area contributed by atoms with Crippen LogP contribution in [0.5, 0.6) is 0 Å². The van der Waals surface area contributed by atoms with E-state index >= 15 is 0 Å². The zero-order chi connectivity index (χ0) is 16.4. The van der Waals surface area contributed by atoms with Gasteiger partial charge in [-0.05, 0) is 6.07 Å². The molecule has 7 nitrogen and oxygen atoms in total. The summed E-state index contributed by atoms with van der Waals surface area (Å²) < 4.78 is 48.4. The summed E-state index contributed by atoms with van der Waals surface area (Å²) in [5, 5.41) is 12.3. The minimum atomic E-state index is -4.85. The molecule has 1 rings (SSSR count). The smallest absolute Gasteiger partial charge is 0.379 e. The van der Waals surface area contributed by atoms with E-state index in [1.165, 1.54) is 0 Å². The first-order chi connectivity index (χ1) is 9.42. The number of nitrogens with one attached hydrogen (secondary N) is 1. The van der Waals surface area contributed by atoms with Crippen molar-refractivity contribution in [3.63, 3.8) is 0 Å². The Labute approximate surface area is 121 Å². The Kier molecular flexibility index (Phi) is 5.21. The van der Waals surface area contributed by atoms with Crippen molar-refractivity contribution in [2.24, 2.45) is 0 Å². The van der Waals surface area contributed by atoms with E-state index in [9.17, 15) is 27.9 Å². The molecule has 0 amide bonds. The molecule has 0 bridgehead atoms. The highest BCUT2D eigenvalue weighted by Gasteiger charge is 2.36. The molecule has 0 unspecified atom stereocenters.